The molecule has 1 aliphatic heterocycles. The predicted octanol–water partition coefficient (Wildman–Crippen LogP) is 3.54. The molecule has 1 atom stereocenters. The van der Waals surface area contributed by atoms with Gasteiger partial charge in [0.1, 0.15) is 0 Å². The van der Waals surface area contributed by atoms with Crippen LogP contribution in [0.1, 0.15) is 29.8 Å². The Bertz CT molecular complexity index is 526. The second kappa shape index (κ2) is 5.37. The number of aryl methyl sites for hydroxylation is 2. The topological polar surface area (TPSA) is 24.9 Å². The van der Waals surface area contributed by atoms with E-state index in [1.807, 2.05) is 11.3 Å². The molecular weight excluding hydrogens is 240 g/mol. The van der Waals surface area contributed by atoms with Gasteiger partial charge in [-0.2, -0.15) is 0 Å². The van der Waals surface area contributed by atoms with Crippen molar-refractivity contribution >= 4 is 21.6 Å². The normalized spacial score (nSPS) is 20.4. The smallest absolute Gasteiger partial charge is 0.0938 e. The van der Waals surface area contributed by atoms with E-state index in [2.05, 4.69) is 30.4 Å². The van der Waals surface area contributed by atoms with Crippen molar-refractivity contribution in [3.8, 4) is 0 Å². The van der Waals surface area contributed by atoms with Gasteiger partial charge < -0.3 is 5.32 Å². The number of rotatable bonds is 3. The summed E-state index contributed by atoms with van der Waals surface area (Å²) < 4.78 is 1.33. The lowest BCUT2D eigenvalue weighted by Crippen LogP contribution is -2.29. The van der Waals surface area contributed by atoms with E-state index >= 15 is 0 Å². The Morgan fingerprint density at radius 3 is 3.22 bits per heavy atom. The quantitative estimate of drug-likeness (QED) is 0.913. The van der Waals surface area contributed by atoms with Crippen LogP contribution in [0.3, 0.4) is 0 Å². The van der Waals surface area contributed by atoms with Crippen molar-refractivity contribution in [2.75, 3.05) is 13.1 Å². The molecule has 1 unspecified atom stereocenters. The molecule has 0 aliphatic carbocycles. The predicted molar refractivity (Wildman–Crippen MR) is 78.3 cm³/mol. The van der Waals surface area contributed by atoms with Gasteiger partial charge >= 0.3 is 0 Å². The summed E-state index contributed by atoms with van der Waals surface area (Å²) in [7, 11) is 0. The number of aromatic nitrogens is 1. The Morgan fingerprint density at radius 2 is 2.39 bits per heavy atom. The molecule has 0 radical (unpaired) electrons. The summed E-state index contributed by atoms with van der Waals surface area (Å²) in [5, 5.41) is 4.79. The number of piperidine rings is 1. The Labute approximate surface area is 112 Å². The maximum atomic E-state index is 4.76. The van der Waals surface area contributed by atoms with Gasteiger partial charge in [0.25, 0.3) is 0 Å². The van der Waals surface area contributed by atoms with E-state index in [9.17, 15) is 0 Å². The van der Waals surface area contributed by atoms with Crippen LogP contribution in [0.15, 0.2) is 18.2 Å². The fraction of sp³-hybridized carbons (Fsp3) is 0.533. The minimum absolute atomic E-state index is 0.854. The van der Waals surface area contributed by atoms with Crippen molar-refractivity contribution in [3.63, 3.8) is 0 Å². The van der Waals surface area contributed by atoms with E-state index in [0.29, 0.717) is 0 Å². The van der Waals surface area contributed by atoms with Crippen LogP contribution >= 0.6 is 11.3 Å². The first-order chi connectivity index (χ1) is 8.81. The SMILES string of the molecule is Cc1ccc2sc(CCC3CCCNC3)nc2c1. The van der Waals surface area contributed by atoms with E-state index in [4.69, 9.17) is 4.98 Å². The highest BCUT2D eigenvalue weighted by Gasteiger charge is 2.13. The average Bonchev–Trinajstić information content (AvgIpc) is 2.79. The lowest BCUT2D eigenvalue weighted by molar-refractivity contribution is 0.358. The molecule has 1 aromatic heterocycles. The van der Waals surface area contributed by atoms with E-state index < -0.39 is 0 Å². The molecule has 96 valence electrons. The first-order valence-corrected chi connectivity index (χ1v) is 7.70. The maximum Gasteiger partial charge on any atom is 0.0938 e. The molecule has 1 fully saturated rings. The van der Waals surface area contributed by atoms with Gasteiger partial charge in [0.15, 0.2) is 0 Å². The Morgan fingerprint density at radius 1 is 1.44 bits per heavy atom. The first-order valence-electron chi connectivity index (χ1n) is 6.88. The number of hydrogen-bond acceptors (Lipinski definition) is 3. The van der Waals surface area contributed by atoms with Gasteiger partial charge in [-0.15, -0.1) is 11.3 Å². The van der Waals surface area contributed by atoms with E-state index in [1.165, 1.54) is 53.1 Å². The van der Waals surface area contributed by atoms with E-state index in [-0.39, 0.29) is 0 Å². The van der Waals surface area contributed by atoms with E-state index in [1.54, 1.807) is 0 Å². The number of hydrogen-bond donors (Lipinski definition) is 1. The zero-order chi connectivity index (χ0) is 12.4. The minimum Gasteiger partial charge on any atom is -0.316 e. The van der Waals surface area contributed by atoms with Crippen LogP contribution < -0.4 is 5.32 Å². The highest BCUT2D eigenvalue weighted by atomic mass is 32.1. The van der Waals surface area contributed by atoms with Crippen molar-refractivity contribution in [3.05, 3.63) is 28.8 Å². The van der Waals surface area contributed by atoms with Gasteiger partial charge in [-0.1, -0.05) is 6.07 Å². The van der Waals surface area contributed by atoms with Crippen molar-refractivity contribution in [2.24, 2.45) is 5.92 Å². The summed E-state index contributed by atoms with van der Waals surface area (Å²) in [6.07, 6.45) is 5.15. The third kappa shape index (κ3) is 2.73. The van der Waals surface area contributed by atoms with Gasteiger partial charge in [-0.3, -0.25) is 0 Å². The highest BCUT2D eigenvalue weighted by Crippen LogP contribution is 2.25. The zero-order valence-corrected chi connectivity index (χ0v) is 11.7. The van der Waals surface area contributed by atoms with Crippen LogP contribution in [0.25, 0.3) is 10.2 Å². The average molecular weight is 260 g/mol. The molecule has 1 saturated heterocycles. The molecule has 0 amide bonds. The second-order valence-electron chi connectivity index (χ2n) is 5.33. The lowest BCUT2D eigenvalue weighted by Gasteiger charge is -2.21. The Kier molecular flexibility index (Phi) is 3.62. The third-order valence-corrected chi connectivity index (χ3v) is 4.85. The molecule has 1 N–H and O–H groups in total. The molecular formula is C15H20N2S. The molecule has 1 aromatic carbocycles. The Hall–Kier alpha value is -0.930. The molecule has 0 spiro atoms. The molecule has 18 heavy (non-hydrogen) atoms. The van der Waals surface area contributed by atoms with E-state index in [0.717, 1.165) is 12.3 Å². The zero-order valence-electron chi connectivity index (χ0n) is 10.9. The van der Waals surface area contributed by atoms with Crippen LogP contribution in [0.4, 0.5) is 0 Å². The van der Waals surface area contributed by atoms with Gasteiger partial charge in [0.05, 0.1) is 15.2 Å². The number of thiazole rings is 1. The standard InChI is InChI=1S/C15H20N2S/c1-11-4-6-14-13(9-11)17-15(18-14)7-5-12-3-2-8-16-10-12/h4,6,9,12,16H,2-3,5,7-8,10H2,1H3. The fourth-order valence-corrected chi connectivity index (χ4v) is 3.65. The maximum absolute atomic E-state index is 4.76. The van der Waals surface area contributed by atoms with Crippen LogP contribution in [0.2, 0.25) is 0 Å². The summed E-state index contributed by atoms with van der Waals surface area (Å²) in [5.74, 6) is 0.854. The summed E-state index contributed by atoms with van der Waals surface area (Å²) in [6.45, 7) is 4.53. The van der Waals surface area contributed by atoms with Crippen LogP contribution in [0, 0.1) is 12.8 Å². The molecule has 2 heterocycles. The third-order valence-electron chi connectivity index (χ3n) is 3.75. The molecule has 2 aromatic rings. The van der Waals surface area contributed by atoms with Crippen molar-refractivity contribution < 1.29 is 0 Å². The summed E-state index contributed by atoms with van der Waals surface area (Å²) in [4.78, 5) is 4.76. The van der Waals surface area contributed by atoms with Gasteiger partial charge in [-0.25, -0.2) is 4.98 Å². The molecule has 1 aliphatic rings. The Balaban J connectivity index is 1.67. The molecule has 0 bridgehead atoms. The molecule has 3 heteroatoms. The van der Waals surface area contributed by atoms with Gasteiger partial charge in [0.2, 0.25) is 0 Å². The largest absolute Gasteiger partial charge is 0.316 e. The van der Waals surface area contributed by atoms with Crippen molar-refractivity contribution in [2.45, 2.75) is 32.6 Å². The molecule has 2 nitrogen and oxygen atoms in total. The fourth-order valence-electron chi connectivity index (χ4n) is 2.69. The second-order valence-corrected chi connectivity index (χ2v) is 6.45. The van der Waals surface area contributed by atoms with Crippen LogP contribution in [0.5, 0.6) is 0 Å². The summed E-state index contributed by atoms with van der Waals surface area (Å²) in [5.41, 5.74) is 2.48. The van der Waals surface area contributed by atoms with Crippen molar-refractivity contribution in [1.29, 1.82) is 0 Å². The van der Waals surface area contributed by atoms with Gasteiger partial charge in [0, 0.05) is 0 Å². The van der Waals surface area contributed by atoms with Gasteiger partial charge in [-0.05, 0) is 69.3 Å². The highest BCUT2D eigenvalue weighted by molar-refractivity contribution is 7.18. The first kappa shape index (κ1) is 12.1. The monoisotopic (exact) mass is 260 g/mol. The van der Waals surface area contributed by atoms with Crippen LogP contribution in [-0.4, -0.2) is 18.1 Å². The van der Waals surface area contributed by atoms with Crippen LogP contribution in [-0.2, 0) is 6.42 Å². The number of nitrogens with one attached hydrogen (secondary N) is 1. The van der Waals surface area contributed by atoms with Crippen molar-refractivity contribution in [1.82, 2.24) is 10.3 Å². The number of fused-ring (bicyclic) bond motifs is 1. The number of nitrogens with zero attached hydrogens (tertiary/aromatic N) is 1. The number of benzene rings is 1. The molecule has 3 rings (SSSR count). The minimum atomic E-state index is 0.854. The summed E-state index contributed by atoms with van der Waals surface area (Å²) >= 11 is 1.86. The summed E-state index contributed by atoms with van der Waals surface area (Å²) in [6, 6.07) is 6.57. The molecule has 0 saturated carbocycles. The lowest BCUT2D eigenvalue weighted by atomic mass is 9.95.